The van der Waals surface area contributed by atoms with Crippen LogP contribution in [-0.4, -0.2) is 37.2 Å². The summed E-state index contributed by atoms with van der Waals surface area (Å²) in [6, 6.07) is 6.12. The van der Waals surface area contributed by atoms with Crippen molar-refractivity contribution in [3.63, 3.8) is 0 Å². The maximum absolute atomic E-state index is 10.6. The summed E-state index contributed by atoms with van der Waals surface area (Å²) in [7, 11) is -8.30. The highest BCUT2D eigenvalue weighted by molar-refractivity contribution is 7.86. The van der Waals surface area contributed by atoms with Crippen molar-refractivity contribution in [3.8, 4) is 0 Å². The van der Waals surface area contributed by atoms with Gasteiger partial charge in [-0.3, -0.25) is 0 Å². The van der Waals surface area contributed by atoms with Gasteiger partial charge in [-0.1, -0.05) is 91.3 Å². The molecule has 0 spiro atoms. The molecule has 35 heavy (non-hydrogen) atoms. The summed E-state index contributed by atoms with van der Waals surface area (Å²) in [5, 5.41) is 9.09. The second-order valence-electron chi connectivity index (χ2n) is 6.67. The first-order valence-electron chi connectivity index (χ1n) is 9.32. The predicted molar refractivity (Wildman–Crippen MR) is 147 cm³/mol. The van der Waals surface area contributed by atoms with Crippen molar-refractivity contribution >= 4 is 26.2 Å². The molecule has 0 saturated carbocycles. The van der Waals surface area contributed by atoms with Crippen LogP contribution >= 0.6 is 0 Å². The van der Waals surface area contributed by atoms with Gasteiger partial charge in [0.2, 0.25) is 0 Å². The summed E-state index contributed by atoms with van der Waals surface area (Å²) >= 11 is 0. The van der Waals surface area contributed by atoms with Crippen LogP contribution < -0.4 is 5.11 Å². The van der Waals surface area contributed by atoms with Crippen LogP contribution in [0, 0.1) is 5.92 Å². The van der Waals surface area contributed by atoms with Gasteiger partial charge in [0, 0.05) is 11.2 Å². The van der Waals surface area contributed by atoms with E-state index in [0.29, 0.717) is 18.8 Å². The van der Waals surface area contributed by atoms with E-state index >= 15 is 0 Å². The summed E-state index contributed by atoms with van der Waals surface area (Å²) in [4.78, 5) is 9.66. The SMILES string of the molecule is C.C.C.C.C.C.CCC(C)C(=O)[O-].CCC(C)S(=O)(=O)[O-].CCC(C)c1ccc(S(=O)(=O)[O-])cc1. The Morgan fingerprint density at radius 2 is 1.11 bits per heavy atom. The maximum Gasteiger partial charge on any atom is 0.124 e. The molecular formula is C25H55O8S2-3. The van der Waals surface area contributed by atoms with Gasteiger partial charge >= 0.3 is 0 Å². The fraction of sp³-hybridized carbons (Fsp3) is 0.720. The zero-order valence-electron chi connectivity index (χ0n) is 17.7. The molecule has 3 atom stereocenters. The molecule has 0 radical (unpaired) electrons. The van der Waals surface area contributed by atoms with Gasteiger partial charge in [0.25, 0.3) is 0 Å². The minimum atomic E-state index is -4.30. The van der Waals surface area contributed by atoms with Gasteiger partial charge < -0.3 is 19.0 Å². The van der Waals surface area contributed by atoms with Crippen LogP contribution in [0.2, 0.25) is 0 Å². The second-order valence-corrected chi connectivity index (χ2v) is 9.84. The highest BCUT2D eigenvalue weighted by atomic mass is 32.2. The van der Waals surface area contributed by atoms with E-state index in [2.05, 4.69) is 13.8 Å². The lowest BCUT2D eigenvalue weighted by Crippen LogP contribution is -2.28. The summed E-state index contributed by atoms with van der Waals surface area (Å²) in [5.74, 6) is -0.860. The van der Waals surface area contributed by atoms with Gasteiger partial charge in [-0.25, -0.2) is 16.8 Å². The average molecular weight is 548 g/mol. The molecule has 0 N–H and O–H groups in total. The Balaban J connectivity index is -0.0000000513. The number of carbonyl (C=O) groups is 1. The first kappa shape index (κ1) is 54.4. The second kappa shape index (κ2) is 25.6. The molecule has 1 rings (SSSR count). The Morgan fingerprint density at radius 1 is 0.743 bits per heavy atom. The number of carbonyl (C=O) groups excluding carboxylic acids is 1. The van der Waals surface area contributed by atoms with Gasteiger partial charge in [-0.2, -0.15) is 0 Å². The molecule has 8 nitrogen and oxygen atoms in total. The van der Waals surface area contributed by atoms with Crippen LogP contribution in [0.4, 0.5) is 0 Å². The number of hydrogen-bond donors (Lipinski definition) is 0. The van der Waals surface area contributed by atoms with Gasteiger partial charge in [0.05, 0.1) is 15.0 Å². The van der Waals surface area contributed by atoms with Crippen molar-refractivity contribution < 1.29 is 35.8 Å². The lowest BCUT2D eigenvalue weighted by Gasteiger charge is -2.12. The molecule has 0 amide bonds. The molecular weight excluding hydrogens is 492 g/mol. The molecule has 3 unspecified atom stereocenters. The molecule has 0 aliphatic rings. The standard InChI is InChI=1S/C10H14O3S.C5H10O2.C4H10O3S.6CH4/c1-3-8(2)9-4-6-10(7-5-9)14(11,12)13;1-3-4(2)5(6)7;1-3-4(2)8(5,6)7;;;;;;/h4-8H,3H2,1-2H3,(H,11,12,13);4H,3H2,1-2H3,(H,6,7);4H,3H2,1-2H3,(H,5,6,7);6*1H4/p-3. The number of rotatable bonds is 7. The minimum Gasteiger partial charge on any atom is -0.748 e. The third kappa shape index (κ3) is 25.4. The number of carboxylic acid groups (broad SMARTS) is 1. The zero-order chi connectivity index (χ0) is 23.4. The fourth-order valence-corrected chi connectivity index (χ4v) is 2.45. The first-order valence-corrected chi connectivity index (χ1v) is 12.2. The van der Waals surface area contributed by atoms with E-state index < -0.39 is 31.5 Å². The Hall–Kier alpha value is -1.49. The molecule has 0 aliphatic heterocycles. The summed E-state index contributed by atoms with van der Waals surface area (Å²) in [6.07, 6.45) is 2.04. The molecule has 0 aliphatic carbocycles. The highest BCUT2D eigenvalue weighted by Crippen LogP contribution is 2.20. The molecule has 1 aromatic rings. The van der Waals surface area contributed by atoms with Crippen LogP contribution in [0.3, 0.4) is 0 Å². The summed E-state index contributed by atoms with van der Waals surface area (Å²) < 4.78 is 61.9. The Kier molecular flexibility index (Phi) is 39.8. The van der Waals surface area contributed by atoms with Gasteiger partial charge in [-0.15, -0.1) is 0 Å². The minimum absolute atomic E-state index is 0. The van der Waals surface area contributed by atoms with Crippen molar-refractivity contribution in [3.05, 3.63) is 29.8 Å². The van der Waals surface area contributed by atoms with E-state index in [9.17, 15) is 35.8 Å². The number of carboxylic acids is 1. The monoisotopic (exact) mass is 547 g/mol. The fourth-order valence-electron chi connectivity index (χ4n) is 1.57. The molecule has 0 fully saturated rings. The van der Waals surface area contributed by atoms with Crippen LogP contribution in [0.15, 0.2) is 29.2 Å². The molecule has 0 aromatic heterocycles. The van der Waals surface area contributed by atoms with Crippen LogP contribution in [0.25, 0.3) is 0 Å². The molecule has 1 aromatic carbocycles. The van der Waals surface area contributed by atoms with Gasteiger partial charge in [0.15, 0.2) is 0 Å². The number of benzene rings is 1. The maximum atomic E-state index is 10.6. The van der Waals surface area contributed by atoms with Gasteiger partial charge in [0.1, 0.15) is 10.1 Å². The number of aliphatic carboxylic acids is 1. The number of hydrogen-bond acceptors (Lipinski definition) is 8. The topological polar surface area (TPSA) is 155 Å². The van der Waals surface area contributed by atoms with Crippen LogP contribution in [-0.2, 0) is 25.0 Å². The third-order valence-electron chi connectivity index (χ3n) is 4.43. The van der Waals surface area contributed by atoms with Crippen molar-refractivity contribution in [2.75, 3.05) is 0 Å². The lowest BCUT2D eigenvalue weighted by molar-refractivity contribution is -0.311. The van der Waals surface area contributed by atoms with E-state index in [4.69, 9.17) is 0 Å². The lowest BCUT2D eigenvalue weighted by atomic mass is 9.99. The first-order chi connectivity index (χ1) is 13.1. The molecule has 0 heterocycles. The van der Waals surface area contributed by atoms with Crippen molar-refractivity contribution in [1.82, 2.24) is 0 Å². The summed E-state index contributed by atoms with van der Waals surface area (Å²) in [6.45, 7) is 10.6. The van der Waals surface area contributed by atoms with Crippen LogP contribution in [0.1, 0.15) is 117 Å². The zero-order valence-corrected chi connectivity index (χ0v) is 19.4. The van der Waals surface area contributed by atoms with Crippen molar-refractivity contribution in [2.45, 2.75) is 121 Å². The quantitative estimate of drug-likeness (QED) is 0.374. The molecule has 218 valence electrons. The van der Waals surface area contributed by atoms with Gasteiger partial charge in [-0.05, 0) is 55.7 Å². The highest BCUT2D eigenvalue weighted by Gasteiger charge is 2.05. The Bertz CT molecular complexity index is 802. The Morgan fingerprint density at radius 3 is 1.26 bits per heavy atom. The molecule has 10 heteroatoms. The van der Waals surface area contributed by atoms with E-state index in [1.54, 1.807) is 26.0 Å². The van der Waals surface area contributed by atoms with E-state index in [1.807, 2.05) is 6.92 Å². The van der Waals surface area contributed by atoms with E-state index in [0.717, 1.165) is 12.0 Å². The normalized spacial score (nSPS) is 11.9. The van der Waals surface area contributed by atoms with E-state index in [-0.39, 0.29) is 55.4 Å². The predicted octanol–water partition coefficient (Wildman–Crippen LogP) is 6.03. The van der Waals surface area contributed by atoms with Crippen LogP contribution in [0.5, 0.6) is 0 Å². The summed E-state index contributed by atoms with van der Waals surface area (Å²) in [5.41, 5.74) is 1.06. The van der Waals surface area contributed by atoms with Crippen molar-refractivity contribution in [2.24, 2.45) is 5.92 Å². The third-order valence-corrected chi connectivity index (χ3v) is 6.60. The van der Waals surface area contributed by atoms with E-state index in [1.165, 1.54) is 19.1 Å². The average Bonchev–Trinajstić information content (AvgIpc) is 2.65. The largest absolute Gasteiger partial charge is 0.748 e. The Labute approximate surface area is 219 Å². The molecule has 0 bridgehead atoms. The van der Waals surface area contributed by atoms with Crippen molar-refractivity contribution in [1.29, 1.82) is 0 Å². The smallest absolute Gasteiger partial charge is 0.124 e. The molecule has 0 saturated heterocycles.